The van der Waals surface area contributed by atoms with Crippen molar-refractivity contribution in [2.75, 3.05) is 0 Å². The molecule has 0 N–H and O–H groups in total. The maximum atomic E-state index is 13.6. The van der Waals surface area contributed by atoms with Crippen molar-refractivity contribution in [3.05, 3.63) is 41.7 Å². The van der Waals surface area contributed by atoms with Crippen molar-refractivity contribution in [3.8, 4) is 11.5 Å². The minimum atomic E-state index is -0.931. The molecule has 19 heavy (non-hydrogen) atoms. The van der Waals surface area contributed by atoms with Gasteiger partial charge in [-0.3, -0.25) is 9.48 Å². The quantitative estimate of drug-likeness (QED) is 0.797. The number of hydrogen-bond acceptors (Lipinski definition) is 3. The van der Waals surface area contributed by atoms with Crippen LogP contribution in [0.1, 0.15) is 30.2 Å². The minimum Gasteiger partial charge on any atom is -0.448 e. The lowest BCUT2D eigenvalue weighted by atomic mass is 10.2. The van der Waals surface area contributed by atoms with Crippen LogP contribution in [0.15, 0.2) is 24.5 Å². The fraction of sp³-hybridized carbons (Fsp3) is 0.231. The molecule has 2 aromatic rings. The van der Waals surface area contributed by atoms with Gasteiger partial charge in [0.2, 0.25) is 0 Å². The summed E-state index contributed by atoms with van der Waals surface area (Å²) in [5.74, 6) is -2.18. The van der Waals surface area contributed by atoms with Gasteiger partial charge >= 0.3 is 0 Å². The van der Waals surface area contributed by atoms with Crippen molar-refractivity contribution < 1.29 is 18.3 Å². The summed E-state index contributed by atoms with van der Waals surface area (Å²) >= 11 is 0. The zero-order chi connectivity index (χ0) is 14.0. The maximum Gasteiger partial charge on any atom is 0.198 e. The summed E-state index contributed by atoms with van der Waals surface area (Å²) in [6.07, 6.45) is 3.27. The number of aromatic nitrogens is 2. The molecule has 0 aliphatic heterocycles. The molecule has 0 spiro atoms. The Labute approximate surface area is 108 Å². The van der Waals surface area contributed by atoms with Crippen LogP contribution < -0.4 is 4.74 Å². The Hall–Kier alpha value is -2.24. The van der Waals surface area contributed by atoms with Crippen LogP contribution in [0.2, 0.25) is 0 Å². The van der Waals surface area contributed by atoms with E-state index in [1.54, 1.807) is 4.68 Å². The minimum absolute atomic E-state index is 0.0831. The number of carbonyl (C=O) groups is 1. The Morgan fingerprint density at radius 3 is 2.42 bits per heavy atom. The second-order valence-corrected chi connectivity index (χ2v) is 4.28. The number of halogens is 2. The molecule has 0 atom stereocenters. The summed E-state index contributed by atoms with van der Waals surface area (Å²) in [4.78, 5) is 10.5. The van der Waals surface area contributed by atoms with Crippen LogP contribution >= 0.6 is 0 Å². The highest BCUT2D eigenvalue weighted by atomic mass is 19.1. The van der Waals surface area contributed by atoms with Crippen LogP contribution in [-0.2, 0) is 0 Å². The molecule has 0 saturated heterocycles. The number of benzene rings is 1. The maximum absolute atomic E-state index is 13.6. The number of aldehydes is 1. The van der Waals surface area contributed by atoms with Crippen LogP contribution in [0.5, 0.6) is 11.5 Å². The Kier molecular flexibility index (Phi) is 3.59. The average Bonchev–Trinajstić information content (AvgIpc) is 2.82. The van der Waals surface area contributed by atoms with Gasteiger partial charge in [-0.15, -0.1) is 0 Å². The Morgan fingerprint density at radius 1 is 1.32 bits per heavy atom. The topological polar surface area (TPSA) is 44.1 Å². The molecule has 6 heteroatoms. The van der Waals surface area contributed by atoms with Gasteiger partial charge in [0.05, 0.1) is 12.4 Å². The van der Waals surface area contributed by atoms with Crippen LogP contribution in [0.4, 0.5) is 8.78 Å². The molecule has 0 fully saturated rings. The zero-order valence-corrected chi connectivity index (χ0v) is 10.4. The molecular weight excluding hydrogens is 254 g/mol. The molecule has 0 amide bonds. The predicted octanol–water partition coefficient (Wildman–Crippen LogP) is 3.35. The molecule has 0 unspecified atom stereocenters. The van der Waals surface area contributed by atoms with E-state index < -0.39 is 17.4 Å². The number of rotatable bonds is 4. The lowest BCUT2D eigenvalue weighted by Crippen LogP contribution is -2.00. The van der Waals surface area contributed by atoms with Crippen LogP contribution in [-0.4, -0.2) is 16.1 Å². The first-order valence-electron chi connectivity index (χ1n) is 5.67. The highest BCUT2D eigenvalue weighted by Gasteiger charge is 2.14. The third-order valence-electron chi connectivity index (χ3n) is 2.48. The van der Waals surface area contributed by atoms with E-state index in [1.165, 1.54) is 12.4 Å². The van der Waals surface area contributed by atoms with Crippen LogP contribution in [0, 0.1) is 11.6 Å². The van der Waals surface area contributed by atoms with Crippen molar-refractivity contribution in [2.45, 2.75) is 19.9 Å². The normalized spacial score (nSPS) is 10.8. The zero-order valence-electron chi connectivity index (χ0n) is 10.4. The smallest absolute Gasteiger partial charge is 0.198 e. The summed E-state index contributed by atoms with van der Waals surface area (Å²) in [6, 6.07) is 1.95. The molecule has 1 aromatic heterocycles. The number of carbonyl (C=O) groups excluding carboxylic acids is 1. The summed E-state index contributed by atoms with van der Waals surface area (Å²) in [5, 5.41) is 4.00. The average molecular weight is 266 g/mol. The lowest BCUT2D eigenvalue weighted by Gasteiger charge is -2.06. The van der Waals surface area contributed by atoms with Gasteiger partial charge in [-0.1, -0.05) is 0 Å². The predicted molar refractivity (Wildman–Crippen MR) is 64.4 cm³/mol. The fourth-order valence-electron chi connectivity index (χ4n) is 1.52. The van der Waals surface area contributed by atoms with Gasteiger partial charge < -0.3 is 4.74 Å². The van der Waals surface area contributed by atoms with E-state index in [0.29, 0.717) is 6.29 Å². The summed E-state index contributed by atoms with van der Waals surface area (Å²) in [6.45, 7) is 3.83. The first-order chi connectivity index (χ1) is 9.01. The van der Waals surface area contributed by atoms with Gasteiger partial charge in [0, 0.05) is 11.6 Å². The summed E-state index contributed by atoms with van der Waals surface area (Å²) < 4.78 is 33.9. The molecule has 4 nitrogen and oxygen atoms in total. The number of nitrogens with zero attached hydrogens (tertiary/aromatic N) is 2. The van der Waals surface area contributed by atoms with Crippen LogP contribution in [0.3, 0.4) is 0 Å². The van der Waals surface area contributed by atoms with Crippen molar-refractivity contribution >= 4 is 6.29 Å². The van der Waals surface area contributed by atoms with E-state index in [4.69, 9.17) is 4.74 Å². The van der Waals surface area contributed by atoms with Gasteiger partial charge in [0.25, 0.3) is 0 Å². The summed E-state index contributed by atoms with van der Waals surface area (Å²) in [7, 11) is 0. The van der Waals surface area contributed by atoms with E-state index in [2.05, 4.69) is 5.10 Å². The molecule has 0 bridgehead atoms. The largest absolute Gasteiger partial charge is 0.448 e. The fourth-order valence-corrected chi connectivity index (χ4v) is 1.52. The Morgan fingerprint density at radius 2 is 1.95 bits per heavy atom. The lowest BCUT2D eigenvalue weighted by molar-refractivity contribution is 0.112. The highest BCUT2D eigenvalue weighted by molar-refractivity contribution is 5.75. The number of hydrogen-bond donors (Lipinski definition) is 0. The second kappa shape index (κ2) is 5.17. The Bertz CT molecular complexity index is 585. The molecule has 0 saturated carbocycles. The molecule has 2 rings (SSSR count). The SMILES string of the molecule is CC(C)n1cc(Oc2c(F)cc(C=O)cc2F)cn1. The van der Waals surface area contributed by atoms with Gasteiger partial charge in [-0.2, -0.15) is 5.10 Å². The van der Waals surface area contributed by atoms with Gasteiger partial charge in [0.1, 0.15) is 6.29 Å². The third kappa shape index (κ3) is 2.78. The summed E-state index contributed by atoms with van der Waals surface area (Å²) in [5.41, 5.74) is -0.0831. The van der Waals surface area contributed by atoms with E-state index in [0.717, 1.165) is 12.1 Å². The van der Waals surface area contributed by atoms with Gasteiger partial charge in [-0.25, -0.2) is 8.78 Å². The molecular formula is C13H12F2N2O2. The number of ether oxygens (including phenoxy) is 1. The third-order valence-corrected chi connectivity index (χ3v) is 2.48. The molecule has 0 aliphatic carbocycles. The van der Waals surface area contributed by atoms with Gasteiger partial charge in [-0.05, 0) is 26.0 Å². The van der Waals surface area contributed by atoms with E-state index in [1.807, 2.05) is 13.8 Å². The monoisotopic (exact) mass is 266 g/mol. The molecule has 0 radical (unpaired) electrons. The van der Waals surface area contributed by atoms with Crippen molar-refractivity contribution in [3.63, 3.8) is 0 Å². The highest BCUT2D eigenvalue weighted by Crippen LogP contribution is 2.28. The van der Waals surface area contributed by atoms with Crippen molar-refractivity contribution in [1.29, 1.82) is 0 Å². The van der Waals surface area contributed by atoms with E-state index in [-0.39, 0.29) is 17.4 Å². The molecule has 100 valence electrons. The first kappa shape index (κ1) is 13.2. The van der Waals surface area contributed by atoms with Gasteiger partial charge in [0.15, 0.2) is 23.1 Å². The van der Waals surface area contributed by atoms with Crippen molar-refractivity contribution in [2.24, 2.45) is 0 Å². The molecule has 1 aromatic carbocycles. The first-order valence-corrected chi connectivity index (χ1v) is 5.67. The van der Waals surface area contributed by atoms with E-state index >= 15 is 0 Å². The van der Waals surface area contributed by atoms with Crippen molar-refractivity contribution in [1.82, 2.24) is 9.78 Å². The standard InChI is InChI=1S/C13H12F2N2O2/c1-8(2)17-6-10(5-16-17)19-13-11(14)3-9(7-18)4-12(13)15/h3-8H,1-2H3. The van der Waals surface area contributed by atoms with Crippen LogP contribution in [0.25, 0.3) is 0 Å². The molecule has 0 aliphatic rings. The van der Waals surface area contributed by atoms with E-state index in [9.17, 15) is 13.6 Å². The Balaban J connectivity index is 2.30. The second-order valence-electron chi connectivity index (χ2n) is 4.28. The molecule has 1 heterocycles.